The van der Waals surface area contributed by atoms with E-state index in [4.69, 9.17) is 16.3 Å². The van der Waals surface area contributed by atoms with E-state index in [1.165, 1.54) is 63.4 Å². The predicted octanol–water partition coefficient (Wildman–Crippen LogP) is 2.42. The van der Waals surface area contributed by atoms with Crippen molar-refractivity contribution in [2.75, 3.05) is 22.9 Å². The summed E-state index contributed by atoms with van der Waals surface area (Å²) in [4.78, 5) is 12.4. The molecule has 0 radical (unpaired) electrons. The number of carbonyl (C=O) groups excluding carboxylic acids is 1. The van der Waals surface area contributed by atoms with Crippen LogP contribution in [0.15, 0.2) is 47.4 Å². The van der Waals surface area contributed by atoms with Crippen LogP contribution >= 0.6 is 11.6 Å². The van der Waals surface area contributed by atoms with Crippen molar-refractivity contribution in [3.8, 4) is 5.75 Å². The number of hydrogen-bond donors (Lipinski definition) is 3. The number of methoxy groups -OCH3 is 1. The summed E-state index contributed by atoms with van der Waals surface area (Å²) in [7, 11) is -6.08. The zero-order valence-corrected chi connectivity index (χ0v) is 18.9. The summed E-state index contributed by atoms with van der Waals surface area (Å²) < 4.78 is 58.1. The Morgan fingerprint density at radius 3 is 2.30 bits per heavy atom. The molecular formula is C18H22ClN3O6S2. The molecule has 12 heteroatoms. The highest BCUT2D eigenvalue weighted by atomic mass is 35.5. The van der Waals surface area contributed by atoms with Crippen LogP contribution in [0.25, 0.3) is 0 Å². The molecule has 0 unspecified atom stereocenters. The highest BCUT2D eigenvalue weighted by Gasteiger charge is 2.22. The van der Waals surface area contributed by atoms with E-state index < -0.39 is 32.0 Å². The highest BCUT2D eigenvalue weighted by molar-refractivity contribution is 7.92. The van der Waals surface area contributed by atoms with Crippen molar-refractivity contribution in [1.29, 1.82) is 0 Å². The van der Waals surface area contributed by atoms with Gasteiger partial charge in [0.2, 0.25) is 26.0 Å². The molecule has 0 spiro atoms. The summed E-state index contributed by atoms with van der Waals surface area (Å²) in [5, 5.41) is 2.95. The van der Waals surface area contributed by atoms with E-state index in [9.17, 15) is 21.6 Å². The predicted molar refractivity (Wildman–Crippen MR) is 116 cm³/mol. The Morgan fingerprint density at radius 1 is 1.10 bits per heavy atom. The van der Waals surface area contributed by atoms with Crippen molar-refractivity contribution in [2.24, 2.45) is 0 Å². The Morgan fingerprint density at radius 2 is 1.73 bits per heavy atom. The summed E-state index contributed by atoms with van der Waals surface area (Å²) in [6.07, 6.45) is 0. The molecule has 0 aliphatic heterocycles. The zero-order chi connectivity index (χ0) is 22.5. The van der Waals surface area contributed by atoms with Crippen molar-refractivity contribution < 1.29 is 26.4 Å². The van der Waals surface area contributed by atoms with Crippen LogP contribution < -0.4 is 19.5 Å². The number of amides is 1. The third kappa shape index (κ3) is 6.33. The molecule has 1 amide bonds. The number of carbonyl (C=O) groups is 1. The molecule has 0 aromatic heterocycles. The van der Waals surface area contributed by atoms with E-state index in [1.54, 1.807) is 0 Å². The second-order valence-electron chi connectivity index (χ2n) is 6.21. The second-order valence-corrected chi connectivity index (χ2v) is 10.4. The van der Waals surface area contributed by atoms with Gasteiger partial charge in [-0.05, 0) is 50.2 Å². The number of hydrogen-bond acceptors (Lipinski definition) is 6. The van der Waals surface area contributed by atoms with Gasteiger partial charge >= 0.3 is 0 Å². The smallest absolute Gasteiger partial charge is 0.242 e. The van der Waals surface area contributed by atoms with E-state index in [-0.39, 0.29) is 22.1 Å². The third-order valence-electron chi connectivity index (χ3n) is 3.96. The molecule has 2 rings (SSSR count). The first kappa shape index (κ1) is 23.9. The number of ether oxygens (including phenoxy) is 1. The Balaban J connectivity index is 2.12. The van der Waals surface area contributed by atoms with E-state index in [1.807, 2.05) is 0 Å². The zero-order valence-electron chi connectivity index (χ0n) is 16.5. The first-order valence-electron chi connectivity index (χ1n) is 8.74. The maximum absolute atomic E-state index is 12.4. The van der Waals surface area contributed by atoms with Gasteiger partial charge in [0.1, 0.15) is 5.75 Å². The molecule has 9 nitrogen and oxygen atoms in total. The van der Waals surface area contributed by atoms with E-state index >= 15 is 0 Å². The fourth-order valence-electron chi connectivity index (χ4n) is 2.31. The second kappa shape index (κ2) is 9.65. The minimum absolute atomic E-state index is 0.0271. The van der Waals surface area contributed by atoms with Gasteiger partial charge in [-0.15, -0.1) is 0 Å². The normalized spacial score (nSPS) is 12.8. The van der Waals surface area contributed by atoms with Gasteiger partial charge in [-0.3, -0.25) is 9.52 Å². The van der Waals surface area contributed by atoms with Crippen LogP contribution in [0.2, 0.25) is 5.02 Å². The Labute approximate surface area is 180 Å². The maximum Gasteiger partial charge on any atom is 0.242 e. The lowest BCUT2D eigenvalue weighted by Gasteiger charge is -2.16. The minimum Gasteiger partial charge on any atom is -0.494 e. The van der Waals surface area contributed by atoms with Gasteiger partial charge in [0.05, 0.1) is 29.5 Å². The molecule has 0 aliphatic carbocycles. The van der Waals surface area contributed by atoms with E-state index in [0.717, 1.165) is 0 Å². The Bertz CT molecular complexity index is 1120. The minimum atomic E-state index is -3.93. The standard InChI is InChI=1S/C18H22ClN3O6S2/c1-4-29(24,25)22-16-10-7-14(11-17(16)28-3)20-18(23)12(2)21-30(26,27)15-8-5-13(19)6-9-15/h5-12,21-22H,4H2,1-3H3,(H,20,23)/t12-/m0/s1. The fourth-order valence-corrected chi connectivity index (χ4v) is 4.29. The van der Waals surface area contributed by atoms with Crippen LogP contribution in [0.1, 0.15) is 13.8 Å². The molecule has 0 aliphatic rings. The summed E-state index contributed by atoms with van der Waals surface area (Å²) in [5.74, 6) is -0.532. The van der Waals surface area contributed by atoms with Crippen molar-refractivity contribution in [3.63, 3.8) is 0 Å². The number of rotatable bonds is 9. The molecule has 2 aromatic carbocycles. The summed E-state index contributed by atoms with van der Waals surface area (Å²) in [5.41, 5.74) is 0.516. The molecule has 2 aromatic rings. The maximum atomic E-state index is 12.4. The van der Waals surface area contributed by atoms with Crippen molar-refractivity contribution in [2.45, 2.75) is 24.8 Å². The molecule has 164 valence electrons. The summed E-state index contributed by atoms with van der Waals surface area (Å²) in [6, 6.07) is 8.76. The Kier molecular flexibility index (Phi) is 7.70. The van der Waals surface area contributed by atoms with Crippen LogP contribution in [0.5, 0.6) is 5.75 Å². The molecule has 0 bridgehead atoms. The quantitative estimate of drug-likeness (QED) is 0.510. The summed E-state index contributed by atoms with van der Waals surface area (Å²) in [6.45, 7) is 2.89. The van der Waals surface area contributed by atoms with Crippen LogP contribution in [0.4, 0.5) is 11.4 Å². The van der Waals surface area contributed by atoms with Crippen LogP contribution in [0, 0.1) is 0 Å². The van der Waals surface area contributed by atoms with E-state index in [0.29, 0.717) is 10.7 Å². The van der Waals surface area contributed by atoms with Crippen molar-refractivity contribution in [3.05, 3.63) is 47.5 Å². The van der Waals surface area contributed by atoms with Crippen LogP contribution in [-0.2, 0) is 24.8 Å². The van der Waals surface area contributed by atoms with Gasteiger partial charge in [0.25, 0.3) is 0 Å². The molecule has 0 saturated carbocycles. The highest BCUT2D eigenvalue weighted by Crippen LogP contribution is 2.29. The van der Waals surface area contributed by atoms with Crippen LogP contribution in [-0.4, -0.2) is 41.6 Å². The topological polar surface area (TPSA) is 131 Å². The molecule has 0 fully saturated rings. The van der Waals surface area contributed by atoms with Crippen molar-refractivity contribution >= 4 is 48.9 Å². The number of nitrogens with one attached hydrogen (secondary N) is 3. The number of sulfonamides is 2. The third-order valence-corrected chi connectivity index (χ3v) is 7.06. The van der Waals surface area contributed by atoms with Gasteiger partial charge in [0, 0.05) is 16.8 Å². The van der Waals surface area contributed by atoms with Gasteiger partial charge in [0.15, 0.2) is 0 Å². The van der Waals surface area contributed by atoms with E-state index in [2.05, 4.69) is 14.8 Å². The van der Waals surface area contributed by atoms with Gasteiger partial charge < -0.3 is 10.1 Å². The molecule has 0 heterocycles. The Hall–Kier alpha value is -2.34. The number of halogens is 1. The largest absolute Gasteiger partial charge is 0.494 e. The lowest BCUT2D eigenvalue weighted by Crippen LogP contribution is -2.41. The average molecular weight is 476 g/mol. The number of benzene rings is 2. The SMILES string of the molecule is CCS(=O)(=O)Nc1ccc(NC(=O)[C@H](C)NS(=O)(=O)c2ccc(Cl)cc2)cc1OC. The van der Waals surface area contributed by atoms with Crippen molar-refractivity contribution in [1.82, 2.24) is 4.72 Å². The molecular weight excluding hydrogens is 454 g/mol. The lowest BCUT2D eigenvalue weighted by atomic mass is 10.2. The van der Waals surface area contributed by atoms with Crippen LogP contribution in [0.3, 0.4) is 0 Å². The number of anilines is 2. The first-order valence-corrected chi connectivity index (χ1v) is 12.3. The molecule has 1 atom stereocenters. The monoisotopic (exact) mass is 475 g/mol. The molecule has 3 N–H and O–H groups in total. The lowest BCUT2D eigenvalue weighted by molar-refractivity contribution is -0.117. The average Bonchev–Trinajstić information content (AvgIpc) is 2.68. The summed E-state index contributed by atoms with van der Waals surface area (Å²) >= 11 is 5.76. The van der Waals surface area contributed by atoms with Gasteiger partial charge in [-0.25, -0.2) is 16.8 Å². The molecule has 0 saturated heterocycles. The van der Waals surface area contributed by atoms with Gasteiger partial charge in [-0.2, -0.15) is 4.72 Å². The molecule has 30 heavy (non-hydrogen) atoms. The first-order chi connectivity index (χ1) is 14.0. The fraction of sp³-hybridized carbons (Fsp3) is 0.278. The van der Waals surface area contributed by atoms with Gasteiger partial charge in [-0.1, -0.05) is 11.6 Å².